The van der Waals surface area contributed by atoms with E-state index in [0.717, 1.165) is 11.3 Å². The predicted molar refractivity (Wildman–Crippen MR) is 132 cm³/mol. The van der Waals surface area contributed by atoms with Gasteiger partial charge in [-0.2, -0.15) is 0 Å². The summed E-state index contributed by atoms with van der Waals surface area (Å²) < 4.78 is 20.2. The molecule has 0 amide bonds. The highest BCUT2D eigenvalue weighted by Gasteiger charge is 2.31. The molecule has 0 bridgehead atoms. The molecule has 1 fully saturated rings. The monoisotopic (exact) mass is 485 g/mol. The second-order valence-electron chi connectivity index (χ2n) is 8.49. The fraction of sp³-hybridized carbons (Fsp3) is 0.346. The van der Waals surface area contributed by atoms with E-state index in [4.69, 9.17) is 16.3 Å². The Kier molecular flexibility index (Phi) is 7.56. The van der Waals surface area contributed by atoms with Gasteiger partial charge in [-0.25, -0.2) is 4.39 Å². The summed E-state index contributed by atoms with van der Waals surface area (Å²) in [6.07, 6.45) is 0. The first-order valence-corrected chi connectivity index (χ1v) is 11.7. The van der Waals surface area contributed by atoms with Gasteiger partial charge in [0.1, 0.15) is 11.6 Å². The molecule has 4 rings (SSSR count). The van der Waals surface area contributed by atoms with Crippen LogP contribution in [0.5, 0.6) is 5.75 Å². The van der Waals surface area contributed by atoms with Crippen molar-refractivity contribution >= 4 is 17.3 Å². The first-order chi connectivity index (χ1) is 16.4. The number of benzene rings is 2. The van der Waals surface area contributed by atoms with Crippen LogP contribution in [0.1, 0.15) is 22.9 Å². The summed E-state index contributed by atoms with van der Waals surface area (Å²) in [6, 6.07) is 15.1. The minimum atomic E-state index is -0.436. The van der Waals surface area contributed by atoms with Crippen LogP contribution < -0.4 is 10.5 Å². The minimum Gasteiger partial charge on any atom is -0.507 e. The molecule has 1 saturated heterocycles. The molecule has 8 heteroatoms. The highest BCUT2D eigenvalue weighted by Crippen LogP contribution is 2.34. The molecule has 0 spiro atoms. The van der Waals surface area contributed by atoms with Crippen LogP contribution in [0, 0.1) is 12.7 Å². The third-order valence-corrected chi connectivity index (χ3v) is 6.62. The number of ether oxygens (including phenoxy) is 1. The molecule has 34 heavy (non-hydrogen) atoms. The zero-order valence-electron chi connectivity index (χ0n) is 19.4. The van der Waals surface area contributed by atoms with Crippen molar-refractivity contribution in [2.24, 2.45) is 0 Å². The Morgan fingerprint density at radius 2 is 1.71 bits per heavy atom. The maximum Gasteiger partial charge on any atom is 0.259 e. The fourth-order valence-electron chi connectivity index (χ4n) is 4.58. The Hall–Kier alpha value is -2.87. The quantitative estimate of drug-likeness (QED) is 0.543. The van der Waals surface area contributed by atoms with Crippen molar-refractivity contribution in [2.75, 3.05) is 44.8 Å². The number of aromatic hydroxyl groups is 1. The fourth-order valence-corrected chi connectivity index (χ4v) is 4.71. The van der Waals surface area contributed by atoms with Gasteiger partial charge >= 0.3 is 0 Å². The lowest BCUT2D eigenvalue weighted by Gasteiger charge is -2.40. The van der Waals surface area contributed by atoms with Crippen LogP contribution in [0.3, 0.4) is 0 Å². The van der Waals surface area contributed by atoms with Crippen molar-refractivity contribution in [3.05, 3.63) is 92.6 Å². The van der Waals surface area contributed by atoms with Gasteiger partial charge in [-0.15, -0.1) is 0 Å². The second-order valence-corrected chi connectivity index (χ2v) is 8.92. The van der Waals surface area contributed by atoms with E-state index in [1.54, 1.807) is 48.9 Å². The first kappa shape index (κ1) is 24.3. The van der Waals surface area contributed by atoms with Gasteiger partial charge in [0, 0.05) is 56.2 Å². The molecule has 0 radical (unpaired) electrons. The number of halogens is 2. The normalized spacial score (nSPS) is 15.5. The number of piperazine rings is 1. The summed E-state index contributed by atoms with van der Waals surface area (Å²) in [5.41, 5.74) is 2.65. The van der Waals surface area contributed by atoms with Crippen LogP contribution in [0.4, 0.5) is 10.1 Å². The van der Waals surface area contributed by atoms with Gasteiger partial charge in [0.25, 0.3) is 5.56 Å². The molecule has 0 aliphatic carbocycles. The van der Waals surface area contributed by atoms with E-state index >= 15 is 0 Å². The lowest BCUT2D eigenvalue weighted by Crippen LogP contribution is -2.49. The maximum atomic E-state index is 13.6. The number of aromatic nitrogens is 1. The molecule has 1 atom stereocenters. The lowest BCUT2D eigenvalue weighted by molar-refractivity contribution is 0.183. The number of pyridine rings is 1. The largest absolute Gasteiger partial charge is 0.507 e. The van der Waals surface area contributed by atoms with Gasteiger partial charge in [-0.05, 0) is 55.0 Å². The Labute approximate surface area is 203 Å². The molecule has 2 heterocycles. The van der Waals surface area contributed by atoms with Gasteiger partial charge in [0.05, 0.1) is 18.2 Å². The van der Waals surface area contributed by atoms with Crippen molar-refractivity contribution in [3.8, 4) is 5.75 Å². The number of rotatable bonds is 7. The molecule has 180 valence electrons. The molecule has 1 aromatic heterocycles. The van der Waals surface area contributed by atoms with Crippen LogP contribution in [-0.2, 0) is 11.3 Å². The smallest absolute Gasteiger partial charge is 0.259 e. The number of hydrogen-bond acceptors (Lipinski definition) is 5. The van der Waals surface area contributed by atoms with Crippen LogP contribution >= 0.6 is 11.6 Å². The van der Waals surface area contributed by atoms with E-state index in [-0.39, 0.29) is 17.1 Å². The molecule has 2 aromatic carbocycles. The Bertz CT molecular complexity index is 1170. The highest BCUT2D eigenvalue weighted by atomic mass is 35.5. The van der Waals surface area contributed by atoms with Crippen molar-refractivity contribution in [3.63, 3.8) is 0 Å². The van der Waals surface area contributed by atoms with E-state index in [0.29, 0.717) is 55.6 Å². The Balaban J connectivity index is 1.70. The average molecular weight is 486 g/mol. The summed E-state index contributed by atoms with van der Waals surface area (Å²) in [7, 11) is 1.60. The molecule has 0 saturated carbocycles. The van der Waals surface area contributed by atoms with Gasteiger partial charge in [0.2, 0.25) is 0 Å². The zero-order chi connectivity index (χ0) is 24.2. The summed E-state index contributed by atoms with van der Waals surface area (Å²) in [4.78, 5) is 18.0. The number of aryl methyl sites for hydroxylation is 1. The lowest BCUT2D eigenvalue weighted by atomic mass is 9.96. The Morgan fingerprint density at radius 1 is 1.06 bits per heavy atom. The van der Waals surface area contributed by atoms with Gasteiger partial charge < -0.3 is 19.3 Å². The SMILES string of the molecule is COCCn1c(C)cc(O)c(C(c2ccc(Cl)cc2)N2CCN(c3ccc(F)cc3)CC2)c1=O. The number of methoxy groups -OCH3 is 1. The summed E-state index contributed by atoms with van der Waals surface area (Å²) in [5, 5.41) is 11.6. The summed E-state index contributed by atoms with van der Waals surface area (Å²) in [5.74, 6) is -0.276. The summed E-state index contributed by atoms with van der Waals surface area (Å²) >= 11 is 6.14. The van der Waals surface area contributed by atoms with Gasteiger partial charge in [-0.3, -0.25) is 9.69 Å². The van der Waals surface area contributed by atoms with E-state index < -0.39 is 6.04 Å². The molecule has 6 nitrogen and oxygen atoms in total. The standard InChI is InChI=1S/C26H29ClFN3O3/c1-18-17-23(32)24(26(33)31(18)15-16-34-2)25(19-3-5-20(27)6-4-19)30-13-11-29(12-14-30)22-9-7-21(28)8-10-22/h3-10,17,25,32H,11-16H2,1-2H3. The highest BCUT2D eigenvalue weighted by molar-refractivity contribution is 6.30. The summed E-state index contributed by atoms with van der Waals surface area (Å²) in [6.45, 7) is 5.35. The van der Waals surface area contributed by atoms with E-state index in [9.17, 15) is 14.3 Å². The number of hydrogen-bond donors (Lipinski definition) is 1. The third-order valence-electron chi connectivity index (χ3n) is 6.37. The average Bonchev–Trinajstić information content (AvgIpc) is 2.83. The van der Waals surface area contributed by atoms with Crippen LogP contribution in [0.25, 0.3) is 0 Å². The van der Waals surface area contributed by atoms with Crippen molar-refractivity contribution in [1.82, 2.24) is 9.47 Å². The van der Waals surface area contributed by atoms with Crippen LogP contribution in [0.2, 0.25) is 5.02 Å². The molecular weight excluding hydrogens is 457 g/mol. The topological polar surface area (TPSA) is 57.9 Å². The van der Waals surface area contributed by atoms with Crippen LogP contribution in [0.15, 0.2) is 59.4 Å². The van der Waals surface area contributed by atoms with Crippen molar-refractivity contribution in [2.45, 2.75) is 19.5 Å². The minimum absolute atomic E-state index is 0.0166. The van der Waals surface area contributed by atoms with E-state index in [2.05, 4.69) is 9.80 Å². The van der Waals surface area contributed by atoms with Gasteiger partial charge in [0.15, 0.2) is 0 Å². The molecule has 1 aliphatic rings. The third kappa shape index (κ3) is 5.12. The number of anilines is 1. The maximum absolute atomic E-state index is 13.6. The first-order valence-electron chi connectivity index (χ1n) is 11.3. The van der Waals surface area contributed by atoms with Crippen molar-refractivity contribution < 1.29 is 14.2 Å². The molecule has 1 aliphatic heterocycles. The van der Waals surface area contributed by atoms with E-state index in [1.165, 1.54) is 12.1 Å². The predicted octanol–water partition coefficient (Wildman–Crippen LogP) is 4.21. The van der Waals surface area contributed by atoms with Crippen LogP contribution in [-0.4, -0.2) is 54.5 Å². The van der Waals surface area contributed by atoms with E-state index in [1.807, 2.05) is 12.1 Å². The molecule has 1 N–H and O–H groups in total. The molecular formula is C26H29ClFN3O3. The zero-order valence-corrected chi connectivity index (χ0v) is 20.1. The van der Waals surface area contributed by atoms with Gasteiger partial charge in [-0.1, -0.05) is 23.7 Å². The Morgan fingerprint density at radius 3 is 2.32 bits per heavy atom. The number of nitrogens with zero attached hydrogens (tertiary/aromatic N) is 3. The molecule has 3 aromatic rings. The second kappa shape index (κ2) is 10.6. The van der Waals surface area contributed by atoms with Crippen molar-refractivity contribution in [1.29, 1.82) is 0 Å². The molecule has 1 unspecified atom stereocenters.